The van der Waals surface area contributed by atoms with Crippen LogP contribution in [-0.2, 0) is 9.53 Å². The van der Waals surface area contributed by atoms with Gasteiger partial charge in [-0.3, -0.25) is 9.59 Å². The van der Waals surface area contributed by atoms with Gasteiger partial charge in [0.15, 0.2) is 0 Å². The predicted molar refractivity (Wildman–Crippen MR) is 91.4 cm³/mol. The minimum absolute atomic E-state index is 0.164. The Labute approximate surface area is 147 Å². The van der Waals surface area contributed by atoms with Crippen LogP contribution in [0.5, 0.6) is 11.5 Å². The second-order valence-electron chi connectivity index (χ2n) is 4.83. The Morgan fingerprint density at radius 1 is 1.22 bits per heavy atom. The molecule has 23 heavy (non-hydrogen) atoms. The highest BCUT2D eigenvalue weighted by molar-refractivity contribution is 9.10. The van der Waals surface area contributed by atoms with E-state index in [1.54, 1.807) is 17.0 Å². The van der Waals surface area contributed by atoms with Crippen LogP contribution in [0, 0.1) is 0 Å². The largest absolute Gasteiger partial charge is 0.495 e. The first-order valence-electron chi connectivity index (χ1n) is 6.92. The summed E-state index contributed by atoms with van der Waals surface area (Å²) in [4.78, 5) is 26.1. The predicted octanol–water partition coefficient (Wildman–Crippen LogP) is 2.20. The highest BCUT2D eigenvalue weighted by Crippen LogP contribution is 2.36. The van der Waals surface area contributed by atoms with Gasteiger partial charge in [0.2, 0.25) is 0 Å². The van der Waals surface area contributed by atoms with Crippen molar-refractivity contribution in [2.24, 2.45) is 0 Å². The van der Waals surface area contributed by atoms with Gasteiger partial charge in [0.25, 0.3) is 5.91 Å². The lowest BCUT2D eigenvalue weighted by molar-refractivity contribution is -0.140. The average molecular weight is 404 g/mol. The fourth-order valence-electron chi connectivity index (χ4n) is 2.28. The summed E-state index contributed by atoms with van der Waals surface area (Å²) in [5.74, 6) is 1.25. The molecule has 2 rings (SSSR count). The molecule has 0 radical (unpaired) electrons. The maximum Gasteiger partial charge on any atom is 0.320 e. The average Bonchev–Trinajstić information content (AvgIpc) is 2.60. The molecule has 8 heteroatoms. The second kappa shape index (κ2) is 7.92. The van der Waals surface area contributed by atoms with E-state index < -0.39 is 0 Å². The van der Waals surface area contributed by atoms with Gasteiger partial charge in [-0.2, -0.15) is 0 Å². The normalized spacial score (nSPS) is 17.6. The van der Waals surface area contributed by atoms with Crippen LogP contribution < -0.4 is 9.47 Å². The molecule has 6 nitrogen and oxygen atoms in total. The van der Waals surface area contributed by atoms with Gasteiger partial charge in [-0.15, -0.1) is 11.8 Å². The molecule has 1 saturated heterocycles. The SMILES string of the molecule is COC(=O)[C@H]1CN(C(=O)c2cc(OC)c(Br)c(OC)c2)CCS1. The maximum absolute atomic E-state index is 12.7. The molecule has 0 bridgehead atoms. The summed E-state index contributed by atoms with van der Waals surface area (Å²) in [5.41, 5.74) is 0.456. The van der Waals surface area contributed by atoms with Crippen molar-refractivity contribution in [2.75, 3.05) is 40.2 Å². The molecule has 0 unspecified atom stereocenters. The number of nitrogens with zero attached hydrogens (tertiary/aromatic N) is 1. The van der Waals surface area contributed by atoms with Crippen molar-refractivity contribution >= 4 is 39.6 Å². The van der Waals surface area contributed by atoms with Gasteiger partial charge < -0.3 is 19.1 Å². The van der Waals surface area contributed by atoms with E-state index in [-0.39, 0.29) is 17.1 Å². The van der Waals surface area contributed by atoms with E-state index in [9.17, 15) is 9.59 Å². The van der Waals surface area contributed by atoms with Crippen molar-refractivity contribution in [3.8, 4) is 11.5 Å². The molecular formula is C15H18BrNO5S. The molecule has 0 saturated carbocycles. The quantitative estimate of drug-likeness (QED) is 0.717. The third kappa shape index (κ3) is 3.92. The zero-order valence-electron chi connectivity index (χ0n) is 13.1. The van der Waals surface area contributed by atoms with Gasteiger partial charge in [-0.25, -0.2) is 0 Å². The van der Waals surface area contributed by atoms with Crippen LogP contribution in [0.4, 0.5) is 0 Å². The monoisotopic (exact) mass is 403 g/mol. The number of hydrogen-bond donors (Lipinski definition) is 0. The van der Waals surface area contributed by atoms with Crippen molar-refractivity contribution in [1.82, 2.24) is 4.90 Å². The summed E-state index contributed by atoms with van der Waals surface area (Å²) in [6.07, 6.45) is 0. The Hall–Kier alpha value is -1.41. The van der Waals surface area contributed by atoms with E-state index in [2.05, 4.69) is 15.9 Å². The molecular weight excluding hydrogens is 386 g/mol. The van der Waals surface area contributed by atoms with Crippen molar-refractivity contribution in [3.05, 3.63) is 22.2 Å². The summed E-state index contributed by atoms with van der Waals surface area (Å²) in [7, 11) is 4.41. The Kier molecular flexibility index (Phi) is 6.17. The molecule has 1 aromatic carbocycles. The molecule has 1 amide bonds. The van der Waals surface area contributed by atoms with Crippen LogP contribution in [0.3, 0.4) is 0 Å². The molecule has 126 valence electrons. The number of carbonyl (C=O) groups is 2. The number of thioether (sulfide) groups is 1. The summed E-state index contributed by atoms with van der Waals surface area (Å²) in [6, 6.07) is 3.31. The number of esters is 1. The highest BCUT2D eigenvalue weighted by Gasteiger charge is 2.30. The number of benzene rings is 1. The van der Waals surface area contributed by atoms with Crippen molar-refractivity contribution < 1.29 is 23.8 Å². The summed E-state index contributed by atoms with van der Waals surface area (Å²) < 4.78 is 16.0. The number of methoxy groups -OCH3 is 3. The summed E-state index contributed by atoms with van der Waals surface area (Å²) in [5, 5.41) is -0.350. The Morgan fingerprint density at radius 3 is 2.35 bits per heavy atom. The fourth-order valence-corrected chi connectivity index (χ4v) is 3.96. The third-order valence-corrected chi connectivity index (χ3v) is 5.45. The smallest absolute Gasteiger partial charge is 0.320 e. The molecule has 1 fully saturated rings. The van der Waals surface area contributed by atoms with E-state index in [1.807, 2.05) is 0 Å². The molecule has 0 spiro atoms. The first kappa shape index (κ1) is 17.9. The zero-order chi connectivity index (χ0) is 17.0. The fraction of sp³-hybridized carbons (Fsp3) is 0.467. The molecule has 1 aromatic rings. The minimum atomic E-state index is -0.350. The number of hydrogen-bond acceptors (Lipinski definition) is 6. The van der Waals surface area contributed by atoms with E-state index in [0.717, 1.165) is 0 Å². The second-order valence-corrected chi connectivity index (χ2v) is 6.93. The van der Waals surface area contributed by atoms with Crippen molar-refractivity contribution in [2.45, 2.75) is 5.25 Å². The lowest BCUT2D eigenvalue weighted by Gasteiger charge is -2.31. The molecule has 0 aromatic heterocycles. The van der Waals surface area contributed by atoms with Gasteiger partial charge >= 0.3 is 5.97 Å². The van der Waals surface area contributed by atoms with Gasteiger partial charge in [0.1, 0.15) is 21.2 Å². The Bertz CT molecular complexity index is 585. The topological polar surface area (TPSA) is 65.1 Å². The third-order valence-electron chi connectivity index (χ3n) is 3.51. The van der Waals surface area contributed by atoms with Crippen LogP contribution in [0.15, 0.2) is 16.6 Å². The Balaban J connectivity index is 2.24. The first-order valence-corrected chi connectivity index (χ1v) is 8.76. The highest BCUT2D eigenvalue weighted by atomic mass is 79.9. The van der Waals surface area contributed by atoms with Gasteiger partial charge in [0.05, 0.1) is 21.3 Å². The molecule has 0 aliphatic carbocycles. The number of ether oxygens (including phenoxy) is 3. The number of amides is 1. The zero-order valence-corrected chi connectivity index (χ0v) is 15.5. The van der Waals surface area contributed by atoms with Crippen molar-refractivity contribution in [1.29, 1.82) is 0 Å². The lowest BCUT2D eigenvalue weighted by Crippen LogP contribution is -2.45. The van der Waals surface area contributed by atoms with Crippen LogP contribution in [0.25, 0.3) is 0 Å². The molecule has 0 N–H and O–H groups in total. The van der Waals surface area contributed by atoms with Gasteiger partial charge in [-0.05, 0) is 28.1 Å². The van der Waals surface area contributed by atoms with Crippen LogP contribution in [0.1, 0.15) is 10.4 Å². The van der Waals surface area contributed by atoms with Crippen LogP contribution in [0.2, 0.25) is 0 Å². The molecule has 1 atom stereocenters. The lowest BCUT2D eigenvalue weighted by atomic mass is 10.1. The van der Waals surface area contributed by atoms with E-state index in [1.165, 1.54) is 33.1 Å². The van der Waals surface area contributed by atoms with E-state index in [4.69, 9.17) is 14.2 Å². The number of rotatable bonds is 4. The molecule has 1 heterocycles. The number of halogens is 1. The molecule has 1 aliphatic heterocycles. The van der Waals surface area contributed by atoms with Crippen molar-refractivity contribution in [3.63, 3.8) is 0 Å². The summed E-state index contributed by atoms with van der Waals surface area (Å²) in [6.45, 7) is 0.911. The summed E-state index contributed by atoms with van der Waals surface area (Å²) >= 11 is 4.88. The van der Waals surface area contributed by atoms with Crippen LogP contribution >= 0.6 is 27.7 Å². The van der Waals surface area contributed by atoms with E-state index >= 15 is 0 Å². The first-order chi connectivity index (χ1) is 11.0. The Morgan fingerprint density at radius 2 is 1.83 bits per heavy atom. The van der Waals surface area contributed by atoms with Crippen LogP contribution in [-0.4, -0.2) is 62.2 Å². The molecule has 1 aliphatic rings. The minimum Gasteiger partial charge on any atom is -0.495 e. The van der Waals surface area contributed by atoms with Gasteiger partial charge in [0, 0.05) is 24.4 Å². The standard InChI is InChI=1S/C15H18BrNO5S/c1-20-10-6-9(7-11(21-2)13(10)16)14(18)17-4-5-23-12(8-17)15(19)22-3/h6-7,12H,4-5,8H2,1-3H3/t12-/m1/s1. The van der Waals surface area contributed by atoms with E-state index in [0.29, 0.717) is 40.4 Å². The van der Waals surface area contributed by atoms with Gasteiger partial charge in [-0.1, -0.05) is 0 Å². The maximum atomic E-state index is 12.7. The number of carbonyl (C=O) groups excluding carboxylic acids is 2.